The largest absolute Gasteiger partial charge is 0.481 e. The van der Waals surface area contributed by atoms with Crippen molar-refractivity contribution >= 4 is 29.0 Å². The lowest BCUT2D eigenvalue weighted by Gasteiger charge is -2.18. The maximum Gasteiger partial charge on any atom is 0.409 e. The van der Waals surface area contributed by atoms with Crippen molar-refractivity contribution in [3.05, 3.63) is 72.7 Å². The Hall–Kier alpha value is -4.40. The highest BCUT2D eigenvalue weighted by molar-refractivity contribution is 6.05. The summed E-state index contributed by atoms with van der Waals surface area (Å²) in [6.45, 7) is 0. The van der Waals surface area contributed by atoms with Gasteiger partial charge in [-0.15, -0.1) is 0 Å². The smallest absolute Gasteiger partial charge is 0.409 e. The number of imidazole rings is 1. The molecule has 0 spiro atoms. The highest BCUT2D eigenvalue weighted by atomic mass is 16.5. The minimum atomic E-state index is -1.12. The minimum absolute atomic E-state index is 0.198. The standard InChI is InChI=1S/C22H19N5O4/c1-26(17-9-10-23-20(11-17)31-2)21(28)15-5-8-19-24-12-18(27(19)13-15)14-3-6-16(7-4-14)25-22(29)30/h3-13,25H,1-2H3,(H,29,30). The normalized spacial score (nSPS) is 10.6. The SMILES string of the molecule is COc1cc(N(C)C(=O)c2ccc3ncc(-c4ccc(NC(=O)O)cc4)n3c2)ccn1. The lowest BCUT2D eigenvalue weighted by Crippen LogP contribution is -2.26. The van der Waals surface area contributed by atoms with E-state index in [-0.39, 0.29) is 5.91 Å². The fourth-order valence-corrected chi connectivity index (χ4v) is 3.20. The summed E-state index contributed by atoms with van der Waals surface area (Å²) in [6, 6.07) is 13.8. The van der Waals surface area contributed by atoms with Crippen LogP contribution >= 0.6 is 0 Å². The van der Waals surface area contributed by atoms with Gasteiger partial charge >= 0.3 is 6.09 Å². The molecule has 2 N–H and O–H groups in total. The number of nitrogens with zero attached hydrogens (tertiary/aromatic N) is 4. The molecule has 0 fully saturated rings. The number of amides is 2. The van der Waals surface area contributed by atoms with Crippen molar-refractivity contribution in [2.75, 3.05) is 24.4 Å². The van der Waals surface area contributed by atoms with Crippen LogP contribution in [0.15, 0.2) is 67.1 Å². The molecule has 2 amide bonds. The van der Waals surface area contributed by atoms with E-state index in [2.05, 4.69) is 15.3 Å². The highest BCUT2D eigenvalue weighted by Crippen LogP contribution is 2.24. The molecule has 0 atom stereocenters. The molecule has 31 heavy (non-hydrogen) atoms. The molecule has 3 heterocycles. The van der Waals surface area contributed by atoms with Gasteiger partial charge in [0.1, 0.15) is 5.65 Å². The van der Waals surface area contributed by atoms with Crippen LogP contribution in [0.25, 0.3) is 16.9 Å². The summed E-state index contributed by atoms with van der Waals surface area (Å²) in [4.78, 5) is 33.8. The third-order valence-corrected chi connectivity index (χ3v) is 4.80. The number of carbonyl (C=O) groups is 2. The molecule has 0 aliphatic carbocycles. The Morgan fingerprint density at radius 1 is 1.10 bits per heavy atom. The molecule has 0 aliphatic heterocycles. The summed E-state index contributed by atoms with van der Waals surface area (Å²) in [5, 5.41) is 11.1. The summed E-state index contributed by atoms with van der Waals surface area (Å²) in [7, 11) is 3.21. The van der Waals surface area contributed by atoms with Crippen molar-refractivity contribution in [1.82, 2.24) is 14.4 Å². The molecule has 0 saturated heterocycles. The van der Waals surface area contributed by atoms with Crippen molar-refractivity contribution in [3.8, 4) is 17.1 Å². The van der Waals surface area contributed by atoms with Crippen LogP contribution in [0.5, 0.6) is 5.88 Å². The highest BCUT2D eigenvalue weighted by Gasteiger charge is 2.16. The van der Waals surface area contributed by atoms with Gasteiger partial charge in [-0.1, -0.05) is 12.1 Å². The first kappa shape index (κ1) is 19.9. The average molecular weight is 417 g/mol. The van der Waals surface area contributed by atoms with Crippen molar-refractivity contribution in [1.29, 1.82) is 0 Å². The van der Waals surface area contributed by atoms with Crippen LogP contribution in [0, 0.1) is 0 Å². The first-order valence-corrected chi connectivity index (χ1v) is 9.32. The number of benzene rings is 1. The fourth-order valence-electron chi connectivity index (χ4n) is 3.20. The van der Waals surface area contributed by atoms with Crippen LogP contribution in [0.3, 0.4) is 0 Å². The molecule has 0 bridgehead atoms. The molecule has 4 aromatic rings. The van der Waals surface area contributed by atoms with E-state index in [9.17, 15) is 9.59 Å². The summed E-state index contributed by atoms with van der Waals surface area (Å²) in [6.07, 6.45) is 3.90. The number of aromatic nitrogens is 3. The van der Waals surface area contributed by atoms with Crippen LogP contribution < -0.4 is 15.0 Å². The topological polar surface area (TPSA) is 109 Å². The fraction of sp³-hybridized carbons (Fsp3) is 0.0909. The van der Waals surface area contributed by atoms with E-state index in [1.165, 1.54) is 12.0 Å². The molecule has 4 rings (SSSR count). The lowest BCUT2D eigenvalue weighted by atomic mass is 10.1. The first-order valence-electron chi connectivity index (χ1n) is 9.32. The quantitative estimate of drug-likeness (QED) is 0.512. The Morgan fingerprint density at radius 2 is 1.87 bits per heavy atom. The van der Waals surface area contributed by atoms with Crippen LogP contribution in [-0.2, 0) is 0 Å². The van der Waals surface area contributed by atoms with E-state index in [1.807, 2.05) is 4.40 Å². The number of methoxy groups -OCH3 is 1. The van der Waals surface area contributed by atoms with E-state index in [4.69, 9.17) is 9.84 Å². The van der Waals surface area contributed by atoms with Gasteiger partial charge < -0.3 is 14.7 Å². The zero-order valence-electron chi connectivity index (χ0n) is 16.8. The lowest BCUT2D eigenvalue weighted by molar-refractivity contribution is 0.0992. The maximum absolute atomic E-state index is 13.1. The molecule has 0 aliphatic rings. The Morgan fingerprint density at radius 3 is 2.58 bits per heavy atom. The average Bonchev–Trinajstić information content (AvgIpc) is 3.21. The predicted octanol–water partition coefficient (Wildman–Crippen LogP) is 3.77. The van der Waals surface area contributed by atoms with Crippen molar-refractivity contribution in [3.63, 3.8) is 0 Å². The number of rotatable bonds is 5. The van der Waals surface area contributed by atoms with Gasteiger partial charge in [-0.2, -0.15) is 0 Å². The molecular formula is C22H19N5O4. The molecule has 0 radical (unpaired) electrons. The zero-order chi connectivity index (χ0) is 22.0. The van der Waals surface area contributed by atoms with Gasteiger partial charge in [-0.05, 0) is 30.3 Å². The van der Waals surface area contributed by atoms with E-state index in [0.29, 0.717) is 28.5 Å². The number of hydrogen-bond acceptors (Lipinski definition) is 5. The number of ether oxygens (including phenoxy) is 1. The maximum atomic E-state index is 13.1. The molecule has 0 unspecified atom stereocenters. The second kappa shape index (κ2) is 8.15. The first-order chi connectivity index (χ1) is 15.0. The minimum Gasteiger partial charge on any atom is -0.481 e. The summed E-state index contributed by atoms with van der Waals surface area (Å²) in [5.74, 6) is 0.223. The van der Waals surface area contributed by atoms with Crippen LogP contribution in [0.4, 0.5) is 16.2 Å². The van der Waals surface area contributed by atoms with E-state index >= 15 is 0 Å². The van der Waals surface area contributed by atoms with Gasteiger partial charge in [0.2, 0.25) is 5.88 Å². The molecule has 3 aromatic heterocycles. The zero-order valence-corrected chi connectivity index (χ0v) is 16.8. The Labute approximate surface area is 177 Å². The summed E-state index contributed by atoms with van der Waals surface area (Å²) >= 11 is 0. The second-order valence-corrected chi connectivity index (χ2v) is 6.72. The van der Waals surface area contributed by atoms with Gasteiger partial charge in [0.15, 0.2) is 0 Å². The van der Waals surface area contributed by atoms with Gasteiger partial charge in [0.25, 0.3) is 5.91 Å². The number of nitrogens with one attached hydrogen (secondary N) is 1. The third kappa shape index (κ3) is 4.01. The molecule has 9 heteroatoms. The second-order valence-electron chi connectivity index (χ2n) is 6.72. The number of carboxylic acid groups (broad SMARTS) is 1. The Bertz CT molecular complexity index is 1270. The van der Waals surface area contributed by atoms with Crippen molar-refractivity contribution in [2.24, 2.45) is 0 Å². The monoisotopic (exact) mass is 417 g/mol. The van der Waals surface area contributed by atoms with Gasteiger partial charge in [0.05, 0.1) is 30.3 Å². The van der Waals surface area contributed by atoms with Crippen molar-refractivity contribution in [2.45, 2.75) is 0 Å². The molecular weight excluding hydrogens is 398 g/mol. The molecule has 0 saturated carbocycles. The Balaban J connectivity index is 1.66. The number of fused-ring (bicyclic) bond motifs is 1. The van der Waals surface area contributed by atoms with Gasteiger partial charge in [-0.3, -0.25) is 14.5 Å². The number of hydrogen-bond donors (Lipinski definition) is 2. The van der Waals surface area contributed by atoms with E-state index in [1.54, 1.807) is 74.2 Å². The van der Waals surface area contributed by atoms with Gasteiger partial charge in [0, 0.05) is 36.8 Å². The molecule has 156 valence electrons. The molecule has 9 nitrogen and oxygen atoms in total. The predicted molar refractivity (Wildman–Crippen MR) is 116 cm³/mol. The third-order valence-electron chi connectivity index (χ3n) is 4.80. The van der Waals surface area contributed by atoms with Crippen LogP contribution in [0.1, 0.15) is 10.4 Å². The van der Waals surface area contributed by atoms with Crippen LogP contribution in [0.2, 0.25) is 0 Å². The number of carbonyl (C=O) groups excluding carboxylic acids is 1. The van der Waals surface area contributed by atoms with Gasteiger partial charge in [-0.25, -0.2) is 14.8 Å². The Kier molecular flexibility index (Phi) is 5.23. The molecule has 1 aromatic carbocycles. The summed E-state index contributed by atoms with van der Waals surface area (Å²) in [5.41, 5.74) is 3.90. The number of anilines is 2. The van der Waals surface area contributed by atoms with E-state index < -0.39 is 6.09 Å². The summed E-state index contributed by atoms with van der Waals surface area (Å²) < 4.78 is 6.96. The van der Waals surface area contributed by atoms with Crippen LogP contribution in [-0.4, -0.2) is 45.6 Å². The number of pyridine rings is 2. The van der Waals surface area contributed by atoms with Crippen molar-refractivity contribution < 1.29 is 19.4 Å². The van der Waals surface area contributed by atoms with E-state index in [0.717, 1.165) is 11.3 Å².